The molecule has 0 bridgehead atoms. The number of aromatic amines is 2. The molecule has 3 aromatic rings. The van der Waals surface area contributed by atoms with Gasteiger partial charge in [-0.1, -0.05) is 36.4 Å². The van der Waals surface area contributed by atoms with Crippen molar-refractivity contribution in [1.29, 1.82) is 0 Å². The number of H-pyrrole nitrogens is 2. The average molecular weight is 452 g/mol. The van der Waals surface area contributed by atoms with Gasteiger partial charge in [0.25, 0.3) is 11.5 Å². The van der Waals surface area contributed by atoms with Crippen LogP contribution in [0.3, 0.4) is 0 Å². The fraction of sp³-hybridized carbons (Fsp3) is 0.292. The minimum atomic E-state index is -0.731. The van der Waals surface area contributed by atoms with E-state index in [4.69, 9.17) is 4.74 Å². The molecule has 2 N–H and O–H groups in total. The molecule has 0 unspecified atom stereocenters. The van der Waals surface area contributed by atoms with Gasteiger partial charge < -0.3 is 14.6 Å². The number of halogens is 1. The number of rotatable bonds is 7. The molecule has 172 valence electrons. The summed E-state index contributed by atoms with van der Waals surface area (Å²) in [7, 11) is 0. The minimum absolute atomic E-state index is 0.0648. The molecule has 4 rings (SSSR count). The smallest absolute Gasteiger partial charge is 0.326 e. The van der Waals surface area contributed by atoms with Gasteiger partial charge in [-0.3, -0.25) is 19.5 Å². The summed E-state index contributed by atoms with van der Waals surface area (Å²) in [6.07, 6.45) is 0. The van der Waals surface area contributed by atoms with Crippen molar-refractivity contribution >= 4 is 5.91 Å². The number of nitrogens with zero attached hydrogens (tertiary/aromatic N) is 2. The summed E-state index contributed by atoms with van der Waals surface area (Å²) in [4.78, 5) is 45.2. The minimum Gasteiger partial charge on any atom is -0.379 e. The van der Waals surface area contributed by atoms with Crippen molar-refractivity contribution in [3.05, 3.63) is 92.5 Å². The van der Waals surface area contributed by atoms with Gasteiger partial charge in [-0.2, -0.15) is 0 Å². The summed E-state index contributed by atoms with van der Waals surface area (Å²) in [5.41, 5.74) is 1.14. The first kappa shape index (κ1) is 22.6. The molecule has 2 heterocycles. The van der Waals surface area contributed by atoms with E-state index in [1.807, 2.05) is 24.3 Å². The fourth-order valence-electron chi connectivity index (χ4n) is 3.87. The molecule has 0 saturated carbocycles. The molecular weight excluding hydrogens is 427 g/mol. The zero-order valence-corrected chi connectivity index (χ0v) is 18.1. The first-order valence-corrected chi connectivity index (χ1v) is 10.8. The van der Waals surface area contributed by atoms with Crippen molar-refractivity contribution in [2.75, 3.05) is 39.4 Å². The third-order valence-electron chi connectivity index (χ3n) is 5.60. The highest BCUT2D eigenvalue weighted by molar-refractivity contribution is 5.92. The average Bonchev–Trinajstić information content (AvgIpc) is 2.82. The number of hydrogen-bond donors (Lipinski definition) is 2. The third kappa shape index (κ3) is 5.82. The predicted molar refractivity (Wildman–Crippen MR) is 122 cm³/mol. The van der Waals surface area contributed by atoms with Crippen molar-refractivity contribution in [3.63, 3.8) is 0 Å². The van der Waals surface area contributed by atoms with Gasteiger partial charge in [0, 0.05) is 38.8 Å². The summed E-state index contributed by atoms with van der Waals surface area (Å²) < 4.78 is 18.8. The Bertz CT molecular complexity index is 1190. The first-order chi connectivity index (χ1) is 16.0. The molecule has 1 aromatic heterocycles. The van der Waals surface area contributed by atoms with Gasteiger partial charge in [0.15, 0.2) is 0 Å². The number of hydrogen-bond acceptors (Lipinski definition) is 5. The Morgan fingerprint density at radius 1 is 1.03 bits per heavy atom. The lowest BCUT2D eigenvalue weighted by atomic mass is 9.99. The van der Waals surface area contributed by atoms with Crippen LogP contribution in [0.2, 0.25) is 0 Å². The van der Waals surface area contributed by atoms with Gasteiger partial charge in [0.1, 0.15) is 11.5 Å². The number of aromatic nitrogens is 2. The van der Waals surface area contributed by atoms with Crippen LogP contribution in [0.5, 0.6) is 0 Å². The van der Waals surface area contributed by atoms with Crippen LogP contribution < -0.4 is 11.2 Å². The normalized spacial score (nSPS) is 14.2. The van der Waals surface area contributed by atoms with E-state index in [1.165, 1.54) is 12.1 Å². The van der Waals surface area contributed by atoms with Gasteiger partial charge >= 0.3 is 5.69 Å². The van der Waals surface area contributed by atoms with Gasteiger partial charge in [-0.25, -0.2) is 9.18 Å². The molecule has 1 fully saturated rings. The van der Waals surface area contributed by atoms with Crippen LogP contribution in [0.15, 0.2) is 64.2 Å². The number of amides is 1. The molecule has 1 amide bonds. The largest absolute Gasteiger partial charge is 0.379 e. The molecule has 0 atom stereocenters. The Balaban J connectivity index is 1.63. The number of benzene rings is 2. The van der Waals surface area contributed by atoms with Crippen molar-refractivity contribution in [3.8, 4) is 11.1 Å². The molecule has 1 aliphatic rings. The maximum Gasteiger partial charge on any atom is 0.326 e. The molecule has 0 aliphatic carbocycles. The maximum absolute atomic E-state index is 13.4. The lowest BCUT2D eigenvalue weighted by Crippen LogP contribution is -2.43. The summed E-state index contributed by atoms with van der Waals surface area (Å²) >= 11 is 0. The van der Waals surface area contributed by atoms with Gasteiger partial charge in [-0.05, 0) is 28.8 Å². The Hall–Kier alpha value is -3.56. The van der Waals surface area contributed by atoms with Crippen LogP contribution in [-0.4, -0.2) is 65.1 Å². The molecule has 1 aliphatic heterocycles. The third-order valence-corrected chi connectivity index (χ3v) is 5.60. The van der Waals surface area contributed by atoms with E-state index in [0.29, 0.717) is 26.3 Å². The van der Waals surface area contributed by atoms with Crippen LogP contribution in [-0.2, 0) is 11.3 Å². The second kappa shape index (κ2) is 10.4. The van der Waals surface area contributed by atoms with Crippen LogP contribution >= 0.6 is 0 Å². The standard InChI is InChI=1S/C24H25FN4O4/c25-19-7-5-17(6-8-19)20-4-2-1-3-18(20)16-29(10-9-28-11-13-33-14-12-28)23(31)21-15-22(30)27-24(32)26-21/h1-8,15H,9-14,16H2,(H2,26,27,30,32). The molecule has 1 saturated heterocycles. The highest BCUT2D eigenvalue weighted by Crippen LogP contribution is 2.25. The SMILES string of the molecule is O=C(c1cc(=O)[nH]c(=O)[nH]1)N(CCN1CCOCC1)Cc1ccccc1-c1ccc(F)cc1. The summed E-state index contributed by atoms with van der Waals surface area (Å²) in [6.45, 7) is 4.11. The highest BCUT2D eigenvalue weighted by Gasteiger charge is 2.21. The zero-order chi connectivity index (χ0) is 23.2. The second-order valence-corrected chi connectivity index (χ2v) is 7.85. The molecule has 8 nitrogen and oxygen atoms in total. The van der Waals surface area contributed by atoms with E-state index in [2.05, 4.69) is 14.9 Å². The van der Waals surface area contributed by atoms with E-state index in [9.17, 15) is 18.8 Å². The summed E-state index contributed by atoms with van der Waals surface area (Å²) in [5.74, 6) is -0.767. The van der Waals surface area contributed by atoms with E-state index in [1.54, 1.807) is 17.0 Å². The number of morpholine rings is 1. The monoisotopic (exact) mass is 452 g/mol. The van der Waals surface area contributed by atoms with Gasteiger partial charge in [0.05, 0.1) is 13.2 Å². The molecule has 0 radical (unpaired) electrons. The number of carbonyl (C=O) groups is 1. The van der Waals surface area contributed by atoms with Crippen LogP contribution in [0.25, 0.3) is 11.1 Å². The summed E-state index contributed by atoms with van der Waals surface area (Å²) in [6, 6.07) is 14.9. The van der Waals surface area contributed by atoms with Gasteiger partial charge in [-0.15, -0.1) is 0 Å². The van der Waals surface area contributed by atoms with Crippen LogP contribution in [0, 0.1) is 5.82 Å². The number of ether oxygens (including phenoxy) is 1. The first-order valence-electron chi connectivity index (χ1n) is 10.8. The topological polar surface area (TPSA) is 98.5 Å². The Morgan fingerprint density at radius 3 is 2.48 bits per heavy atom. The molecule has 0 spiro atoms. The van der Waals surface area contributed by atoms with E-state index in [-0.39, 0.29) is 18.1 Å². The zero-order valence-electron chi connectivity index (χ0n) is 18.1. The Morgan fingerprint density at radius 2 is 1.76 bits per heavy atom. The van der Waals surface area contributed by atoms with Crippen LogP contribution in [0.1, 0.15) is 16.1 Å². The fourth-order valence-corrected chi connectivity index (χ4v) is 3.87. The summed E-state index contributed by atoms with van der Waals surface area (Å²) in [5, 5.41) is 0. The Labute approximate surface area is 189 Å². The van der Waals surface area contributed by atoms with Crippen molar-refractivity contribution in [1.82, 2.24) is 19.8 Å². The molecular formula is C24H25FN4O4. The second-order valence-electron chi connectivity index (χ2n) is 7.85. The van der Waals surface area contributed by atoms with Crippen molar-refractivity contribution < 1.29 is 13.9 Å². The highest BCUT2D eigenvalue weighted by atomic mass is 19.1. The quantitative estimate of drug-likeness (QED) is 0.570. The predicted octanol–water partition coefficient (Wildman–Crippen LogP) is 1.84. The maximum atomic E-state index is 13.4. The van der Waals surface area contributed by atoms with E-state index >= 15 is 0 Å². The number of carbonyl (C=O) groups excluding carboxylic acids is 1. The molecule has 9 heteroatoms. The van der Waals surface area contributed by atoms with Gasteiger partial charge in [0.2, 0.25) is 0 Å². The lowest BCUT2D eigenvalue weighted by Gasteiger charge is -2.30. The van der Waals surface area contributed by atoms with Crippen molar-refractivity contribution in [2.45, 2.75) is 6.54 Å². The van der Waals surface area contributed by atoms with E-state index in [0.717, 1.165) is 35.8 Å². The van der Waals surface area contributed by atoms with E-state index < -0.39 is 17.2 Å². The van der Waals surface area contributed by atoms with Crippen molar-refractivity contribution in [2.24, 2.45) is 0 Å². The Kier molecular flexibility index (Phi) is 7.11. The molecule has 33 heavy (non-hydrogen) atoms. The van der Waals surface area contributed by atoms with Crippen LogP contribution in [0.4, 0.5) is 4.39 Å². The molecule has 2 aromatic carbocycles. The number of nitrogens with one attached hydrogen (secondary N) is 2. The lowest BCUT2D eigenvalue weighted by molar-refractivity contribution is 0.0319.